The van der Waals surface area contributed by atoms with Gasteiger partial charge in [-0.05, 0) is 31.9 Å². The van der Waals surface area contributed by atoms with Gasteiger partial charge in [0, 0.05) is 38.4 Å². The van der Waals surface area contributed by atoms with Crippen LogP contribution in [0.2, 0.25) is 5.02 Å². The monoisotopic (exact) mass is 373 g/mol. The molecular formula is C19H24ClN5O. The summed E-state index contributed by atoms with van der Waals surface area (Å²) in [4.78, 5) is 25.4. The molecule has 138 valence electrons. The van der Waals surface area contributed by atoms with E-state index in [-0.39, 0.29) is 22.7 Å². The number of amides is 1. The number of rotatable bonds is 6. The summed E-state index contributed by atoms with van der Waals surface area (Å²) in [6.45, 7) is 4.39. The molecule has 26 heavy (non-hydrogen) atoms. The minimum Gasteiger partial charge on any atom is -0.370 e. The van der Waals surface area contributed by atoms with Crippen LogP contribution in [0.15, 0.2) is 36.5 Å². The molecule has 0 bridgehead atoms. The van der Waals surface area contributed by atoms with Gasteiger partial charge in [0.2, 0.25) is 5.95 Å². The number of hydrogen-bond acceptors (Lipinski definition) is 5. The van der Waals surface area contributed by atoms with E-state index in [4.69, 9.17) is 11.6 Å². The van der Waals surface area contributed by atoms with Crippen molar-refractivity contribution in [2.45, 2.75) is 25.8 Å². The third kappa shape index (κ3) is 4.25. The normalized spacial score (nSPS) is 15.0. The van der Waals surface area contributed by atoms with Crippen molar-refractivity contribution in [3.63, 3.8) is 0 Å². The zero-order valence-corrected chi connectivity index (χ0v) is 15.9. The first-order valence-corrected chi connectivity index (χ1v) is 9.27. The Morgan fingerprint density at radius 2 is 2.00 bits per heavy atom. The first-order valence-electron chi connectivity index (χ1n) is 8.90. The summed E-state index contributed by atoms with van der Waals surface area (Å²) in [5, 5.41) is 3.21. The maximum Gasteiger partial charge on any atom is 0.271 e. The maximum absolute atomic E-state index is 12.6. The van der Waals surface area contributed by atoms with Crippen molar-refractivity contribution in [2.75, 3.05) is 36.5 Å². The largest absolute Gasteiger partial charge is 0.370 e. The van der Waals surface area contributed by atoms with Gasteiger partial charge in [-0.1, -0.05) is 29.8 Å². The Morgan fingerprint density at radius 1 is 1.31 bits per heavy atom. The van der Waals surface area contributed by atoms with Crippen LogP contribution in [0.3, 0.4) is 0 Å². The second-order valence-electron chi connectivity index (χ2n) is 6.57. The van der Waals surface area contributed by atoms with E-state index in [1.807, 2.05) is 37.4 Å². The molecule has 3 rings (SSSR count). The van der Waals surface area contributed by atoms with Crippen molar-refractivity contribution in [3.05, 3.63) is 47.2 Å². The van der Waals surface area contributed by atoms with E-state index >= 15 is 0 Å². The zero-order valence-electron chi connectivity index (χ0n) is 15.2. The van der Waals surface area contributed by atoms with Crippen LogP contribution in [-0.4, -0.2) is 48.6 Å². The second kappa shape index (κ2) is 8.36. The molecule has 1 unspecified atom stereocenters. The Labute approximate surface area is 159 Å². The van der Waals surface area contributed by atoms with Crippen LogP contribution in [0.25, 0.3) is 0 Å². The average molecular weight is 374 g/mol. The molecule has 1 saturated heterocycles. The molecule has 1 aromatic heterocycles. The predicted molar refractivity (Wildman–Crippen MR) is 105 cm³/mol. The Morgan fingerprint density at radius 3 is 2.69 bits per heavy atom. The van der Waals surface area contributed by atoms with E-state index in [9.17, 15) is 4.79 Å². The minimum absolute atomic E-state index is 0.125. The van der Waals surface area contributed by atoms with E-state index in [1.165, 1.54) is 6.20 Å². The lowest BCUT2D eigenvalue weighted by atomic mass is 10.2. The van der Waals surface area contributed by atoms with Crippen molar-refractivity contribution < 1.29 is 4.79 Å². The maximum atomic E-state index is 12.6. The molecular weight excluding hydrogens is 350 g/mol. The molecule has 2 heterocycles. The lowest BCUT2D eigenvalue weighted by Crippen LogP contribution is -2.40. The lowest BCUT2D eigenvalue weighted by Gasteiger charge is -2.27. The number of nitrogens with zero attached hydrogens (tertiary/aromatic N) is 4. The minimum atomic E-state index is -0.272. The van der Waals surface area contributed by atoms with Gasteiger partial charge in [-0.3, -0.25) is 4.79 Å². The molecule has 1 N–H and O–H groups in total. The number of hydrogen-bond donors (Lipinski definition) is 1. The van der Waals surface area contributed by atoms with Crippen LogP contribution < -0.4 is 15.1 Å². The summed E-state index contributed by atoms with van der Waals surface area (Å²) in [5.74, 6) is 0.303. The average Bonchev–Trinajstić information content (AvgIpc) is 3.21. The molecule has 1 aromatic carbocycles. The van der Waals surface area contributed by atoms with E-state index in [0.717, 1.165) is 31.6 Å². The van der Waals surface area contributed by atoms with Gasteiger partial charge >= 0.3 is 0 Å². The van der Waals surface area contributed by atoms with Gasteiger partial charge in [-0.25, -0.2) is 9.97 Å². The molecule has 1 amide bonds. The van der Waals surface area contributed by atoms with Crippen LogP contribution in [0.4, 0.5) is 11.6 Å². The number of halogens is 1. The van der Waals surface area contributed by atoms with E-state index < -0.39 is 0 Å². The summed E-state index contributed by atoms with van der Waals surface area (Å²) in [6.07, 6.45) is 3.75. The SMILES string of the molecule is CC(CNC(=O)c1nc(N2CCCC2)ncc1Cl)N(C)c1ccccc1. The molecule has 7 heteroatoms. The number of carbonyl (C=O) groups is 1. The molecule has 0 aliphatic carbocycles. The number of carbonyl (C=O) groups excluding carboxylic acids is 1. The van der Waals surface area contributed by atoms with Crippen LogP contribution in [0.5, 0.6) is 0 Å². The van der Waals surface area contributed by atoms with Gasteiger partial charge in [0.25, 0.3) is 5.91 Å². The van der Waals surface area contributed by atoms with Crippen LogP contribution in [-0.2, 0) is 0 Å². The fraction of sp³-hybridized carbons (Fsp3) is 0.421. The molecule has 1 atom stereocenters. The third-order valence-corrected chi connectivity index (χ3v) is 4.99. The van der Waals surface area contributed by atoms with Gasteiger partial charge in [0.1, 0.15) is 0 Å². The Bertz CT molecular complexity index is 749. The number of aromatic nitrogens is 2. The molecule has 0 spiro atoms. The van der Waals surface area contributed by atoms with Crippen LogP contribution in [0, 0.1) is 0 Å². The van der Waals surface area contributed by atoms with E-state index in [1.54, 1.807) is 0 Å². The third-order valence-electron chi connectivity index (χ3n) is 4.72. The molecule has 6 nitrogen and oxygen atoms in total. The van der Waals surface area contributed by atoms with Crippen molar-refractivity contribution >= 4 is 29.1 Å². The summed E-state index contributed by atoms with van der Waals surface area (Å²) in [5.41, 5.74) is 1.34. The summed E-state index contributed by atoms with van der Waals surface area (Å²) in [7, 11) is 2.01. The van der Waals surface area contributed by atoms with Crippen molar-refractivity contribution in [1.82, 2.24) is 15.3 Å². The second-order valence-corrected chi connectivity index (χ2v) is 6.97. The van der Waals surface area contributed by atoms with Gasteiger partial charge in [-0.2, -0.15) is 0 Å². The number of para-hydroxylation sites is 1. The molecule has 1 aliphatic heterocycles. The van der Waals surface area contributed by atoms with Gasteiger partial charge < -0.3 is 15.1 Å². The summed E-state index contributed by atoms with van der Waals surface area (Å²) >= 11 is 6.16. The van der Waals surface area contributed by atoms with Crippen molar-refractivity contribution in [3.8, 4) is 0 Å². The Kier molecular flexibility index (Phi) is 5.93. The smallest absolute Gasteiger partial charge is 0.271 e. The van der Waals surface area contributed by atoms with Crippen molar-refractivity contribution in [1.29, 1.82) is 0 Å². The standard InChI is InChI=1S/C19H24ClN5O/c1-14(24(2)15-8-4-3-5-9-15)12-21-18(26)17-16(20)13-22-19(23-17)25-10-6-7-11-25/h3-5,8-9,13-14H,6-7,10-12H2,1-2H3,(H,21,26). The molecule has 0 radical (unpaired) electrons. The Hall–Kier alpha value is -2.34. The predicted octanol–water partition coefficient (Wildman–Crippen LogP) is 2.98. The Balaban J connectivity index is 1.63. The van der Waals surface area contributed by atoms with Crippen LogP contribution in [0.1, 0.15) is 30.3 Å². The first kappa shape index (κ1) is 18.5. The topological polar surface area (TPSA) is 61.4 Å². The highest BCUT2D eigenvalue weighted by Gasteiger charge is 2.20. The molecule has 0 saturated carbocycles. The van der Waals surface area contributed by atoms with Gasteiger partial charge in [0.05, 0.1) is 11.2 Å². The van der Waals surface area contributed by atoms with Gasteiger partial charge in [0.15, 0.2) is 5.69 Å². The first-order chi connectivity index (χ1) is 12.6. The fourth-order valence-corrected chi connectivity index (χ4v) is 3.14. The summed E-state index contributed by atoms with van der Waals surface area (Å²) < 4.78 is 0. The highest BCUT2D eigenvalue weighted by atomic mass is 35.5. The lowest BCUT2D eigenvalue weighted by molar-refractivity contribution is 0.0946. The van der Waals surface area contributed by atoms with Crippen LogP contribution >= 0.6 is 11.6 Å². The number of likely N-dealkylation sites (N-methyl/N-ethyl adjacent to an activating group) is 1. The van der Waals surface area contributed by atoms with E-state index in [2.05, 4.69) is 32.0 Å². The van der Waals surface area contributed by atoms with Gasteiger partial charge in [-0.15, -0.1) is 0 Å². The highest BCUT2D eigenvalue weighted by molar-refractivity contribution is 6.33. The van der Waals surface area contributed by atoms with Crippen molar-refractivity contribution in [2.24, 2.45) is 0 Å². The fourth-order valence-electron chi connectivity index (χ4n) is 2.97. The molecule has 2 aromatic rings. The number of benzene rings is 1. The summed E-state index contributed by atoms with van der Waals surface area (Å²) in [6, 6.07) is 10.2. The van der Waals surface area contributed by atoms with E-state index in [0.29, 0.717) is 12.5 Å². The highest BCUT2D eigenvalue weighted by Crippen LogP contribution is 2.20. The molecule has 1 aliphatic rings. The number of anilines is 2. The quantitative estimate of drug-likeness (QED) is 0.843. The zero-order chi connectivity index (χ0) is 18.5. The number of nitrogens with one attached hydrogen (secondary N) is 1. The molecule has 1 fully saturated rings.